The molecule has 4 rings (SSSR count). The fraction of sp³-hybridized carbons (Fsp3) is 0.217. The molecule has 8 nitrogen and oxygen atoms in total. The van der Waals surface area contributed by atoms with Gasteiger partial charge in [-0.25, -0.2) is 9.59 Å². The Bertz CT molecular complexity index is 1030. The van der Waals surface area contributed by atoms with E-state index >= 15 is 0 Å². The average Bonchev–Trinajstić information content (AvgIpc) is 3.49. The van der Waals surface area contributed by atoms with Crippen LogP contribution in [0.3, 0.4) is 0 Å². The Morgan fingerprint density at radius 3 is 2.35 bits per heavy atom. The maximum absolute atomic E-state index is 13.4. The minimum atomic E-state index is -2.13. The predicted molar refractivity (Wildman–Crippen MR) is 106 cm³/mol. The summed E-state index contributed by atoms with van der Waals surface area (Å²) in [5, 5.41) is 11.6. The van der Waals surface area contributed by atoms with Gasteiger partial charge in [-0.05, 0) is 23.3 Å². The van der Waals surface area contributed by atoms with E-state index < -0.39 is 23.6 Å². The van der Waals surface area contributed by atoms with Crippen LogP contribution in [-0.4, -0.2) is 43.7 Å². The summed E-state index contributed by atoms with van der Waals surface area (Å²) < 4.78 is 26.3. The van der Waals surface area contributed by atoms with Crippen molar-refractivity contribution in [3.8, 4) is 5.75 Å². The summed E-state index contributed by atoms with van der Waals surface area (Å²) in [6.07, 6.45) is 1.45. The number of carbonyl (C=O) groups is 2. The van der Waals surface area contributed by atoms with Gasteiger partial charge in [0.05, 0.1) is 7.11 Å². The number of aliphatic hydroxyl groups is 1. The van der Waals surface area contributed by atoms with Crippen LogP contribution in [0.2, 0.25) is 0 Å². The van der Waals surface area contributed by atoms with Crippen molar-refractivity contribution in [1.82, 2.24) is 0 Å². The molecule has 8 heteroatoms. The Kier molecular flexibility index (Phi) is 5.64. The number of ether oxygens (including phenoxy) is 5. The first-order valence-electron chi connectivity index (χ1n) is 9.47. The summed E-state index contributed by atoms with van der Waals surface area (Å²) in [5.74, 6) is -0.739. The first-order valence-corrected chi connectivity index (χ1v) is 9.47. The summed E-state index contributed by atoms with van der Waals surface area (Å²) >= 11 is 0. The minimum Gasteiger partial charge on any atom is -0.497 e. The van der Waals surface area contributed by atoms with Crippen LogP contribution in [-0.2, 0) is 34.1 Å². The Hall–Kier alpha value is -3.78. The van der Waals surface area contributed by atoms with Gasteiger partial charge in [-0.15, -0.1) is 0 Å². The molecule has 1 N–H and O–H groups in total. The van der Waals surface area contributed by atoms with E-state index in [0.717, 1.165) is 0 Å². The lowest BCUT2D eigenvalue weighted by molar-refractivity contribution is -0.166. The number of methoxy groups -OCH3 is 1. The maximum atomic E-state index is 13.4. The van der Waals surface area contributed by atoms with Crippen LogP contribution in [0, 0.1) is 0 Å². The van der Waals surface area contributed by atoms with E-state index in [1.807, 2.05) is 0 Å². The molecule has 2 unspecified atom stereocenters. The second kappa shape index (κ2) is 8.53. The average molecular weight is 424 g/mol. The summed E-state index contributed by atoms with van der Waals surface area (Å²) in [5.41, 5.74) is -1.15. The van der Waals surface area contributed by atoms with Gasteiger partial charge < -0.3 is 28.8 Å². The Labute approximate surface area is 178 Å². The second-order valence-corrected chi connectivity index (χ2v) is 6.87. The fourth-order valence-electron chi connectivity index (χ4n) is 3.35. The number of rotatable bonds is 7. The lowest BCUT2D eigenvalue weighted by atomic mass is 9.86. The van der Waals surface area contributed by atoms with Gasteiger partial charge in [0.25, 0.3) is 0 Å². The van der Waals surface area contributed by atoms with Gasteiger partial charge in [0.15, 0.2) is 11.9 Å². The van der Waals surface area contributed by atoms with Crippen molar-refractivity contribution < 1.29 is 38.4 Å². The Balaban J connectivity index is 1.72. The standard InChI is InChI=1S/C23H20O8/c1-27-18-9-7-17(8-10-18)23(26,16-5-3-2-4-6-16)22(25)31-21(19-13-28-14-30-19)15-11-20(24)29-12-15/h2-11,13,21,26H,12,14H2,1H3. The van der Waals surface area contributed by atoms with Crippen LogP contribution in [0.25, 0.3) is 0 Å². The van der Waals surface area contributed by atoms with Gasteiger partial charge in [-0.2, -0.15) is 0 Å². The molecule has 2 aromatic carbocycles. The normalized spacial score (nSPS) is 17.9. The third-order valence-corrected chi connectivity index (χ3v) is 4.99. The van der Waals surface area contributed by atoms with Gasteiger partial charge in [0.2, 0.25) is 12.4 Å². The highest BCUT2D eigenvalue weighted by molar-refractivity contribution is 5.87. The van der Waals surface area contributed by atoms with E-state index in [-0.39, 0.29) is 24.7 Å². The molecule has 160 valence electrons. The van der Waals surface area contributed by atoms with E-state index in [1.54, 1.807) is 54.6 Å². The van der Waals surface area contributed by atoms with E-state index in [1.165, 1.54) is 19.4 Å². The maximum Gasteiger partial charge on any atom is 0.348 e. The highest BCUT2D eigenvalue weighted by Gasteiger charge is 2.44. The molecule has 0 amide bonds. The third-order valence-electron chi connectivity index (χ3n) is 4.99. The number of benzene rings is 2. The van der Waals surface area contributed by atoms with Crippen molar-refractivity contribution in [3.63, 3.8) is 0 Å². The van der Waals surface area contributed by atoms with Gasteiger partial charge in [-0.3, -0.25) is 0 Å². The molecule has 0 aromatic heterocycles. The number of carbonyl (C=O) groups excluding carboxylic acids is 2. The molecule has 0 radical (unpaired) electrons. The lowest BCUT2D eigenvalue weighted by Crippen LogP contribution is -2.41. The smallest absolute Gasteiger partial charge is 0.348 e. The van der Waals surface area contributed by atoms with E-state index in [2.05, 4.69) is 0 Å². The van der Waals surface area contributed by atoms with E-state index in [4.69, 9.17) is 23.7 Å². The Morgan fingerprint density at radius 1 is 1.06 bits per heavy atom. The minimum absolute atomic E-state index is 0.0487. The quantitative estimate of drug-likeness (QED) is 0.675. The van der Waals surface area contributed by atoms with Crippen molar-refractivity contribution in [2.75, 3.05) is 20.5 Å². The predicted octanol–water partition coefficient (Wildman–Crippen LogP) is 2.17. The molecular weight excluding hydrogens is 404 g/mol. The molecule has 0 spiro atoms. The highest BCUT2D eigenvalue weighted by atomic mass is 16.7. The Morgan fingerprint density at radius 2 is 1.77 bits per heavy atom. The first kappa shape index (κ1) is 20.5. The third kappa shape index (κ3) is 3.97. The molecule has 0 saturated carbocycles. The number of esters is 2. The fourth-order valence-corrected chi connectivity index (χ4v) is 3.35. The lowest BCUT2D eigenvalue weighted by Gasteiger charge is -2.29. The van der Waals surface area contributed by atoms with Gasteiger partial charge >= 0.3 is 11.9 Å². The monoisotopic (exact) mass is 424 g/mol. The number of hydrogen-bond acceptors (Lipinski definition) is 8. The zero-order valence-electron chi connectivity index (χ0n) is 16.6. The molecule has 31 heavy (non-hydrogen) atoms. The number of cyclic esters (lactones) is 1. The highest BCUT2D eigenvalue weighted by Crippen LogP contribution is 2.34. The van der Waals surface area contributed by atoms with Crippen LogP contribution in [0.15, 0.2) is 78.3 Å². The van der Waals surface area contributed by atoms with Crippen LogP contribution in [0.5, 0.6) is 5.75 Å². The van der Waals surface area contributed by atoms with Crippen molar-refractivity contribution in [2.24, 2.45) is 0 Å². The molecule has 0 aliphatic carbocycles. The summed E-state index contributed by atoms with van der Waals surface area (Å²) in [7, 11) is 1.52. The SMILES string of the molecule is COc1ccc(C(O)(C(=O)OC(C2=CC(=O)OC2)C2=COCO2)c2ccccc2)cc1. The van der Waals surface area contributed by atoms with E-state index in [0.29, 0.717) is 16.9 Å². The van der Waals surface area contributed by atoms with E-state index in [9.17, 15) is 14.7 Å². The van der Waals surface area contributed by atoms with Crippen molar-refractivity contribution in [2.45, 2.75) is 11.7 Å². The van der Waals surface area contributed by atoms with Crippen molar-refractivity contribution >= 4 is 11.9 Å². The van der Waals surface area contributed by atoms with Crippen LogP contribution >= 0.6 is 0 Å². The summed E-state index contributed by atoms with van der Waals surface area (Å²) in [4.78, 5) is 25.0. The number of hydrogen-bond donors (Lipinski definition) is 1. The van der Waals surface area contributed by atoms with Gasteiger partial charge in [0, 0.05) is 11.6 Å². The van der Waals surface area contributed by atoms with Crippen molar-refractivity contribution in [3.05, 3.63) is 89.4 Å². The molecule has 0 bridgehead atoms. The largest absolute Gasteiger partial charge is 0.497 e. The van der Waals surface area contributed by atoms with Crippen LogP contribution in [0.1, 0.15) is 11.1 Å². The molecule has 0 fully saturated rings. The molecule has 2 aliphatic rings. The summed E-state index contributed by atoms with van der Waals surface area (Å²) in [6.45, 7) is -0.114. The topological polar surface area (TPSA) is 101 Å². The zero-order valence-corrected chi connectivity index (χ0v) is 16.6. The molecule has 2 atom stereocenters. The van der Waals surface area contributed by atoms with Crippen molar-refractivity contribution in [1.29, 1.82) is 0 Å². The molecule has 0 saturated heterocycles. The second-order valence-electron chi connectivity index (χ2n) is 6.87. The van der Waals surface area contributed by atoms with Gasteiger partial charge in [-0.1, -0.05) is 42.5 Å². The molecule has 2 heterocycles. The zero-order chi connectivity index (χ0) is 21.8. The summed E-state index contributed by atoms with van der Waals surface area (Å²) in [6, 6.07) is 14.9. The molecule has 2 aromatic rings. The van der Waals surface area contributed by atoms with Crippen LogP contribution < -0.4 is 4.74 Å². The first-order chi connectivity index (χ1) is 15.0. The van der Waals surface area contributed by atoms with Crippen LogP contribution in [0.4, 0.5) is 0 Å². The molecule has 2 aliphatic heterocycles. The molecular formula is C23H20O8. The van der Waals surface area contributed by atoms with Gasteiger partial charge in [0.1, 0.15) is 18.6 Å².